The van der Waals surface area contributed by atoms with Gasteiger partial charge in [0.05, 0.1) is 18.4 Å². The van der Waals surface area contributed by atoms with Crippen LogP contribution in [-0.4, -0.2) is 22.8 Å². The van der Waals surface area contributed by atoms with Gasteiger partial charge in [0.15, 0.2) is 0 Å². The summed E-state index contributed by atoms with van der Waals surface area (Å²) < 4.78 is 45.8. The molecule has 1 heterocycles. The van der Waals surface area contributed by atoms with Crippen molar-refractivity contribution >= 4 is 5.91 Å². The van der Waals surface area contributed by atoms with E-state index in [1.807, 2.05) is 0 Å². The molecule has 2 N–H and O–H groups in total. The minimum absolute atomic E-state index is 0.104. The summed E-state index contributed by atoms with van der Waals surface area (Å²) in [5.41, 5.74) is 6.52. The predicted octanol–water partition coefficient (Wildman–Crippen LogP) is 3.07. The molecule has 0 saturated carbocycles. The van der Waals surface area contributed by atoms with Crippen LogP contribution in [0.1, 0.15) is 23.4 Å². The molecule has 1 amide bonds. The number of carbonyl (C=O) groups excluding carboxylic acids is 1. The third-order valence-electron chi connectivity index (χ3n) is 3.71. The molecule has 0 spiro atoms. The van der Waals surface area contributed by atoms with Crippen molar-refractivity contribution in [1.82, 2.24) is 9.78 Å². The maximum atomic E-state index is 13.1. The van der Waals surface area contributed by atoms with Crippen LogP contribution in [-0.2, 0) is 17.5 Å². The van der Waals surface area contributed by atoms with Gasteiger partial charge < -0.3 is 10.5 Å². The van der Waals surface area contributed by atoms with Gasteiger partial charge in [0.2, 0.25) is 5.91 Å². The average Bonchev–Trinajstić information content (AvgIpc) is 2.78. The smallest absolute Gasteiger partial charge is 0.416 e. The van der Waals surface area contributed by atoms with Crippen molar-refractivity contribution in [3.63, 3.8) is 0 Å². The Hall–Kier alpha value is -2.51. The number of carbonyl (C=O) groups is 1. The third kappa shape index (κ3) is 3.69. The lowest BCUT2D eigenvalue weighted by Gasteiger charge is -2.12. The number of primary amides is 1. The monoisotopic (exact) mass is 341 g/mol. The van der Waals surface area contributed by atoms with Crippen molar-refractivity contribution in [3.05, 3.63) is 35.2 Å². The van der Waals surface area contributed by atoms with Crippen LogP contribution in [0.3, 0.4) is 0 Å². The minimum atomic E-state index is -4.48. The molecule has 130 valence electrons. The fourth-order valence-corrected chi connectivity index (χ4v) is 2.57. The Labute approximate surface area is 137 Å². The number of hydrogen-bond donors (Lipinski definition) is 1. The quantitative estimate of drug-likeness (QED) is 0.909. The molecule has 0 aliphatic carbocycles. The van der Waals surface area contributed by atoms with Crippen LogP contribution in [0.15, 0.2) is 18.2 Å². The number of alkyl halides is 3. The van der Waals surface area contributed by atoms with Crippen molar-refractivity contribution in [2.24, 2.45) is 5.73 Å². The first-order chi connectivity index (χ1) is 11.1. The number of halogens is 3. The minimum Gasteiger partial charge on any atom is -0.497 e. The van der Waals surface area contributed by atoms with Crippen molar-refractivity contribution in [1.29, 1.82) is 0 Å². The summed E-state index contributed by atoms with van der Waals surface area (Å²) >= 11 is 0. The molecule has 0 saturated heterocycles. The standard InChI is InChI=1S/C16H18F3N3O2/c1-9-15(10(2)22(21-9)5-4-14(20)23)11-6-12(16(17,18)19)8-13(7-11)24-3/h6-8H,4-5H2,1-3H3,(H2,20,23). The highest BCUT2D eigenvalue weighted by molar-refractivity contribution is 5.74. The molecule has 24 heavy (non-hydrogen) atoms. The summed E-state index contributed by atoms with van der Waals surface area (Å²) in [7, 11) is 1.31. The average molecular weight is 341 g/mol. The maximum Gasteiger partial charge on any atom is 0.416 e. The molecular weight excluding hydrogens is 323 g/mol. The largest absolute Gasteiger partial charge is 0.497 e. The summed E-state index contributed by atoms with van der Waals surface area (Å²) in [6.45, 7) is 3.72. The molecule has 1 aromatic heterocycles. The number of nitrogens with two attached hydrogens (primary N) is 1. The van der Waals surface area contributed by atoms with E-state index in [4.69, 9.17) is 10.5 Å². The Bertz CT molecular complexity index is 767. The zero-order valence-corrected chi connectivity index (χ0v) is 13.6. The molecule has 0 aliphatic heterocycles. The van der Waals surface area contributed by atoms with Gasteiger partial charge in [-0.2, -0.15) is 18.3 Å². The highest BCUT2D eigenvalue weighted by Crippen LogP contribution is 2.37. The Balaban J connectivity index is 2.53. The number of methoxy groups -OCH3 is 1. The second-order valence-corrected chi connectivity index (χ2v) is 5.43. The summed E-state index contributed by atoms with van der Waals surface area (Å²) in [5, 5.41) is 4.29. The normalized spacial score (nSPS) is 11.6. The molecular formula is C16H18F3N3O2. The lowest BCUT2D eigenvalue weighted by Crippen LogP contribution is -2.15. The van der Waals surface area contributed by atoms with E-state index in [0.29, 0.717) is 22.5 Å². The van der Waals surface area contributed by atoms with Gasteiger partial charge in [0.25, 0.3) is 0 Å². The Kier molecular flexibility index (Phi) is 4.86. The molecule has 8 heteroatoms. The van der Waals surface area contributed by atoms with Gasteiger partial charge in [0.1, 0.15) is 5.75 Å². The van der Waals surface area contributed by atoms with E-state index in [2.05, 4.69) is 5.10 Å². The topological polar surface area (TPSA) is 70.1 Å². The van der Waals surface area contributed by atoms with Crippen molar-refractivity contribution in [3.8, 4) is 16.9 Å². The van der Waals surface area contributed by atoms with E-state index in [1.54, 1.807) is 18.5 Å². The second-order valence-electron chi connectivity index (χ2n) is 5.43. The SMILES string of the molecule is COc1cc(-c2c(C)nn(CCC(N)=O)c2C)cc(C(F)(F)F)c1. The molecule has 0 fully saturated rings. The molecule has 2 rings (SSSR count). The van der Waals surface area contributed by atoms with Gasteiger partial charge >= 0.3 is 6.18 Å². The first-order valence-corrected chi connectivity index (χ1v) is 7.22. The molecule has 0 atom stereocenters. The van der Waals surface area contributed by atoms with E-state index < -0.39 is 17.6 Å². The van der Waals surface area contributed by atoms with Gasteiger partial charge in [-0.25, -0.2) is 0 Å². The zero-order valence-electron chi connectivity index (χ0n) is 13.6. The third-order valence-corrected chi connectivity index (χ3v) is 3.71. The second kappa shape index (κ2) is 6.54. The summed E-state index contributed by atoms with van der Waals surface area (Å²) in [5.74, 6) is -0.353. The van der Waals surface area contributed by atoms with Crippen LogP contribution >= 0.6 is 0 Å². The molecule has 0 radical (unpaired) electrons. The van der Waals surface area contributed by atoms with Crippen LogP contribution in [0.5, 0.6) is 5.75 Å². The molecule has 0 unspecified atom stereocenters. The van der Waals surface area contributed by atoms with Crippen molar-refractivity contribution in [2.45, 2.75) is 33.0 Å². The van der Waals surface area contributed by atoms with Gasteiger partial charge in [-0.1, -0.05) is 0 Å². The van der Waals surface area contributed by atoms with Crippen LogP contribution in [0, 0.1) is 13.8 Å². The summed E-state index contributed by atoms with van der Waals surface area (Å²) in [6.07, 6.45) is -4.37. The highest BCUT2D eigenvalue weighted by atomic mass is 19.4. The maximum absolute atomic E-state index is 13.1. The first-order valence-electron chi connectivity index (χ1n) is 7.22. The zero-order chi connectivity index (χ0) is 18.1. The molecule has 2 aromatic rings. The van der Waals surface area contributed by atoms with E-state index >= 15 is 0 Å². The number of benzene rings is 1. The molecule has 5 nitrogen and oxygen atoms in total. The summed E-state index contributed by atoms with van der Waals surface area (Å²) in [4.78, 5) is 10.9. The lowest BCUT2D eigenvalue weighted by molar-refractivity contribution is -0.137. The fraction of sp³-hybridized carbons (Fsp3) is 0.375. The molecule has 0 bridgehead atoms. The number of aryl methyl sites for hydroxylation is 2. The number of aromatic nitrogens is 2. The van der Waals surface area contributed by atoms with Crippen LogP contribution < -0.4 is 10.5 Å². The van der Waals surface area contributed by atoms with E-state index in [1.165, 1.54) is 13.2 Å². The number of ether oxygens (including phenoxy) is 1. The summed E-state index contributed by atoms with van der Waals surface area (Å²) in [6, 6.07) is 3.55. The Morgan fingerprint density at radius 3 is 2.50 bits per heavy atom. The molecule has 0 aliphatic rings. The van der Waals surface area contributed by atoms with Crippen LogP contribution in [0.2, 0.25) is 0 Å². The van der Waals surface area contributed by atoms with Crippen LogP contribution in [0.25, 0.3) is 11.1 Å². The van der Waals surface area contributed by atoms with Crippen molar-refractivity contribution < 1.29 is 22.7 Å². The van der Waals surface area contributed by atoms with Crippen LogP contribution in [0.4, 0.5) is 13.2 Å². The van der Waals surface area contributed by atoms with E-state index in [-0.39, 0.29) is 18.7 Å². The van der Waals surface area contributed by atoms with Gasteiger partial charge in [0, 0.05) is 24.2 Å². The number of hydrogen-bond acceptors (Lipinski definition) is 3. The van der Waals surface area contributed by atoms with E-state index in [0.717, 1.165) is 12.1 Å². The van der Waals surface area contributed by atoms with Gasteiger partial charge in [-0.3, -0.25) is 9.48 Å². The predicted molar refractivity (Wildman–Crippen MR) is 82.5 cm³/mol. The molecule has 1 aromatic carbocycles. The fourth-order valence-electron chi connectivity index (χ4n) is 2.57. The van der Waals surface area contributed by atoms with Gasteiger partial charge in [-0.05, 0) is 37.6 Å². The highest BCUT2D eigenvalue weighted by Gasteiger charge is 2.32. The van der Waals surface area contributed by atoms with Crippen molar-refractivity contribution in [2.75, 3.05) is 7.11 Å². The van der Waals surface area contributed by atoms with E-state index in [9.17, 15) is 18.0 Å². The van der Waals surface area contributed by atoms with Gasteiger partial charge in [-0.15, -0.1) is 0 Å². The number of nitrogens with zero attached hydrogens (tertiary/aromatic N) is 2. The lowest BCUT2D eigenvalue weighted by atomic mass is 10.0. The first kappa shape index (κ1) is 17.8. The number of rotatable bonds is 5. The Morgan fingerprint density at radius 2 is 1.96 bits per heavy atom. The number of amides is 1. The Morgan fingerprint density at radius 1 is 1.29 bits per heavy atom.